The minimum atomic E-state index is -0.970. The standard InChI is InChI=1S/C20H14N6.C19H13N3O2/c1-2-4-14(5-3-1)24-20-16-8-9-21-11-17(16)15-7-6-13(10-18(15)25-20)19-22-12-23-26-19;23-19(24)12-6-7-14-16-11-20-9-8-15(16)18(22-17(14)10-12)21-13-4-2-1-3-5-13/h1-12H,(H,24,25)(H,22,23,26);1-11H,(H,21,22)(H,23,24). The SMILES string of the molecule is O=C(O)c1ccc2c(c1)nc(Nc1ccccc1)c1ccncc12.c1ccc(Nc2nc3cc(-c4ncn[nH]4)ccc3c3cnccc23)cc1. The van der Waals surface area contributed by atoms with Gasteiger partial charge in [-0.05, 0) is 54.6 Å². The third-order valence-corrected chi connectivity index (χ3v) is 8.20. The Morgan fingerprint density at radius 2 is 1.16 bits per heavy atom. The number of H-pyrrole nitrogens is 1. The first kappa shape index (κ1) is 30.1. The Morgan fingerprint density at radius 3 is 1.70 bits per heavy atom. The van der Waals surface area contributed by atoms with Gasteiger partial charge in [0.2, 0.25) is 0 Å². The number of anilines is 4. The fraction of sp³-hybridized carbons (Fsp3) is 0. The highest BCUT2D eigenvalue weighted by molar-refractivity contribution is 6.12. The van der Waals surface area contributed by atoms with Crippen molar-refractivity contribution < 1.29 is 9.90 Å². The number of aromatic amines is 1. The van der Waals surface area contributed by atoms with Gasteiger partial charge < -0.3 is 15.7 Å². The van der Waals surface area contributed by atoms with Crippen LogP contribution in [0, 0.1) is 0 Å². The Labute approximate surface area is 284 Å². The summed E-state index contributed by atoms with van der Waals surface area (Å²) in [5, 5.41) is 28.6. The van der Waals surface area contributed by atoms with Crippen molar-refractivity contribution in [3.63, 3.8) is 0 Å². The molecule has 4 N–H and O–H groups in total. The molecule has 0 saturated heterocycles. The summed E-state index contributed by atoms with van der Waals surface area (Å²) in [5.74, 6) is 1.23. The molecule has 0 amide bonds. The van der Waals surface area contributed by atoms with E-state index in [0.717, 1.165) is 66.4 Å². The molecule has 50 heavy (non-hydrogen) atoms. The van der Waals surface area contributed by atoms with Crippen LogP contribution in [0.25, 0.3) is 54.7 Å². The predicted octanol–water partition coefficient (Wildman–Crippen LogP) is 8.54. The lowest BCUT2D eigenvalue weighted by molar-refractivity contribution is 0.0697. The quantitative estimate of drug-likeness (QED) is 0.128. The third-order valence-electron chi connectivity index (χ3n) is 8.20. The molecular formula is C39H27N9O2. The molecule has 5 heterocycles. The monoisotopic (exact) mass is 653 g/mol. The minimum absolute atomic E-state index is 0.212. The van der Waals surface area contributed by atoms with Crippen LogP contribution in [0.5, 0.6) is 0 Å². The van der Waals surface area contributed by atoms with E-state index in [0.29, 0.717) is 11.3 Å². The van der Waals surface area contributed by atoms with E-state index >= 15 is 0 Å². The van der Waals surface area contributed by atoms with E-state index in [4.69, 9.17) is 4.98 Å². The number of hydrogen-bond acceptors (Lipinski definition) is 9. The van der Waals surface area contributed by atoms with Crippen molar-refractivity contribution in [2.75, 3.05) is 10.6 Å². The lowest BCUT2D eigenvalue weighted by Crippen LogP contribution is -1.99. The Kier molecular flexibility index (Phi) is 7.88. The highest BCUT2D eigenvalue weighted by atomic mass is 16.4. The lowest BCUT2D eigenvalue weighted by Gasteiger charge is -2.12. The molecule has 0 radical (unpaired) electrons. The summed E-state index contributed by atoms with van der Waals surface area (Å²) in [6.45, 7) is 0. The lowest BCUT2D eigenvalue weighted by atomic mass is 10.1. The third kappa shape index (κ3) is 5.98. The molecule has 0 fully saturated rings. The molecule has 5 aromatic heterocycles. The average molecular weight is 654 g/mol. The molecule has 0 atom stereocenters. The zero-order valence-electron chi connectivity index (χ0n) is 26.3. The van der Waals surface area contributed by atoms with Crippen molar-refractivity contribution in [1.82, 2.24) is 35.1 Å². The predicted molar refractivity (Wildman–Crippen MR) is 196 cm³/mol. The second-order valence-electron chi connectivity index (χ2n) is 11.3. The van der Waals surface area contributed by atoms with Crippen molar-refractivity contribution in [2.24, 2.45) is 0 Å². The molecule has 0 unspecified atom stereocenters. The number of carboxylic acids is 1. The molecule has 0 aliphatic carbocycles. The number of benzene rings is 4. The van der Waals surface area contributed by atoms with E-state index in [2.05, 4.69) is 46.8 Å². The number of hydrogen-bond donors (Lipinski definition) is 4. The Morgan fingerprint density at radius 1 is 0.600 bits per heavy atom. The van der Waals surface area contributed by atoms with Gasteiger partial charge in [0.25, 0.3) is 0 Å². The van der Waals surface area contributed by atoms with Crippen LogP contribution < -0.4 is 10.6 Å². The summed E-state index contributed by atoms with van der Waals surface area (Å²) in [6.07, 6.45) is 8.66. The van der Waals surface area contributed by atoms with Gasteiger partial charge in [0.05, 0.1) is 16.6 Å². The van der Waals surface area contributed by atoms with Gasteiger partial charge in [-0.2, -0.15) is 5.10 Å². The van der Waals surface area contributed by atoms with Crippen molar-refractivity contribution >= 4 is 72.3 Å². The minimum Gasteiger partial charge on any atom is -0.478 e. The van der Waals surface area contributed by atoms with Crippen molar-refractivity contribution in [2.45, 2.75) is 0 Å². The topological polar surface area (TPSA) is 154 Å². The molecule has 0 aliphatic rings. The maximum absolute atomic E-state index is 11.2. The number of nitrogens with one attached hydrogen (secondary N) is 3. The van der Waals surface area contributed by atoms with Crippen LogP contribution in [0.1, 0.15) is 10.4 Å². The zero-order chi connectivity index (χ0) is 33.9. The van der Waals surface area contributed by atoms with Crippen molar-refractivity contribution in [3.8, 4) is 11.4 Å². The van der Waals surface area contributed by atoms with Gasteiger partial charge >= 0.3 is 5.97 Å². The molecule has 0 aliphatic heterocycles. The highest BCUT2D eigenvalue weighted by Crippen LogP contribution is 2.33. The van der Waals surface area contributed by atoms with Crippen molar-refractivity contribution in [1.29, 1.82) is 0 Å². The number of aromatic nitrogens is 7. The number of pyridine rings is 4. The highest BCUT2D eigenvalue weighted by Gasteiger charge is 2.13. The van der Waals surface area contributed by atoms with Gasteiger partial charge in [0.15, 0.2) is 5.82 Å². The molecule has 0 bridgehead atoms. The maximum atomic E-state index is 11.2. The number of aromatic carboxylic acids is 1. The van der Waals surface area contributed by atoms with Gasteiger partial charge in [-0.3, -0.25) is 15.1 Å². The van der Waals surface area contributed by atoms with Crippen LogP contribution in [0.4, 0.5) is 23.0 Å². The summed E-state index contributed by atoms with van der Waals surface area (Å²) in [4.78, 5) is 33.5. The number of carboxylic acid groups (broad SMARTS) is 1. The Hall–Kier alpha value is -7.27. The van der Waals surface area contributed by atoms with Gasteiger partial charge in [0, 0.05) is 74.0 Å². The second-order valence-corrected chi connectivity index (χ2v) is 11.3. The molecule has 11 nitrogen and oxygen atoms in total. The molecule has 4 aromatic carbocycles. The summed E-state index contributed by atoms with van der Waals surface area (Å²) in [5.41, 5.74) is 4.55. The zero-order valence-corrected chi connectivity index (χ0v) is 26.3. The Bertz CT molecular complexity index is 2630. The van der Waals surface area contributed by atoms with Crippen LogP contribution in [0.2, 0.25) is 0 Å². The number of rotatable bonds is 6. The largest absolute Gasteiger partial charge is 0.478 e. The first-order chi connectivity index (χ1) is 24.6. The average Bonchev–Trinajstić information content (AvgIpc) is 3.71. The molecule has 9 rings (SSSR count). The molecule has 9 aromatic rings. The van der Waals surface area contributed by atoms with Crippen LogP contribution in [0.3, 0.4) is 0 Å². The summed E-state index contributed by atoms with van der Waals surface area (Å²) in [7, 11) is 0. The van der Waals surface area contributed by atoms with Gasteiger partial charge in [-0.25, -0.2) is 19.7 Å². The van der Waals surface area contributed by atoms with Gasteiger partial charge in [0.1, 0.15) is 18.0 Å². The van der Waals surface area contributed by atoms with Gasteiger partial charge in [-0.15, -0.1) is 0 Å². The molecular weight excluding hydrogens is 626 g/mol. The van der Waals surface area contributed by atoms with Crippen LogP contribution in [-0.4, -0.2) is 46.2 Å². The van der Waals surface area contributed by atoms with E-state index in [9.17, 15) is 9.90 Å². The summed E-state index contributed by atoms with van der Waals surface area (Å²) in [6, 6.07) is 34.7. The summed E-state index contributed by atoms with van der Waals surface area (Å²) < 4.78 is 0. The number of carbonyl (C=O) groups is 1. The normalized spacial score (nSPS) is 11.0. The van der Waals surface area contributed by atoms with Crippen LogP contribution >= 0.6 is 0 Å². The Balaban J connectivity index is 0.000000145. The van der Waals surface area contributed by atoms with E-state index in [1.165, 1.54) is 6.33 Å². The number of nitrogens with zero attached hydrogens (tertiary/aromatic N) is 6. The number of para-hydroxylation sites is 2. The second kappa shape index (κ2) is 13.1. The van der Waals surface area contributed by atoms with E-state index in [-0.39, 0.29) is 5.56 Å². The van der Waals surface area contributed by atoms with E-state index in [1.807, 2.05) is 91.1 Å². The summed E-state index contributed by atoms with van der Waals surface area (Å²) >= 11 is 0. The van der Waals surface area contributed by atoms with Crippen LogP contribution in [0.15, 0.2) is 140 Å². The van der Waals surface area contributed by atoms with Gasteiger partial charge in [-0.1, -0.05) is 54.6 Å². The van der Waals surface area contributed by atoms with E-state index < -0.39 is 5.97 Å². The molecule has 0 saturated carbocycles. The van der Waals surface area contributed by atoms with Crippen molar-refractivity contribution in [3.05, 3.63) is 146 Å². The molecule has 0 spiro atoms. The molecule has 11 heteroatoms. The van der Waals surface area contributed by atoms with E-state index in [1.54, 1.807) is 36.8 Å². The number of fused-ring (bicyclic) bond motifs is 6. The first-order valence-corrected chi connectivity index (χ1v) is 15.7. The van der Waals surface area contributed by atoms with Crippen LogP contribution in [-0.2, 0) is 0 Å². The maximum Gasteiger partial charge on any atom is 0.335 e. The fourth-order valence-electron chi connectivity index (χ4n) is 5.83. The molecule has 240 valence electrons. The fourth-order valence-corrected chi connectivity index (χ4v) is 5.83. The smallest absolute Gasteiger partial charge is 0.335 e. The first-order valence-electron chi connectivity index (χ1n) is 15.7.